The fourth-order valence-corrected chi connectivity index (χ4v) is 2.04. The van der Waals surface area contributed by atoms with Crippen LogP contribution in [0.3, 0.4) is 0 Å². The molecule has 12 heavy (non-hydrogen) atoms. The second-order valence-corrected chi connectivity index (χ2v) is 3.96. The second-order valence-electron chi connectivity index (χ2n) is 3.96. The van der Waals surface area contributed by atoms with E-state index in [0.29, 0.717) is 5.92 Å². The van der Waals surface area contributed by atoms with Gasteiger partial charge in [0.25, 0.3) is 0 Å². The second kappa shape index (κ2) is 5.34. The van der Waals surface area contributed by atoms with Gasteiger partial charge in [-0.05, 0) is 31.6 Å². The molecule has 0 unspecified atom stereocenters. The summed E-state index contributed by atoms with van der Waals surface area (Å²) in [7, 11) is 0. The highest BCUT2D eigenvalue weighted by Crippen LogP contribution is 2.27. The Hall–Kier alpha value is -0.330. The molecule has 1 aliphatic carbocycles. The van der Waals surface area contributed by atoms with Gasteiger partial charge in [0.1, 0.15) is 0 Å². The van der Waals surface area contributed by atoms with E-state index in [2.05, 4.69) is 6.92 Å². The van der Waals surface area contributed by atoms with Crippen LogP contribution in [0, 0.1) is 11.3 Å². The van der Waals surface area contributed by atoms with Gasteiger partial charge in [0, 0.05) is 5.71 Å². The van der Waals surface area contributed by atoms with Crippen molar-refractivity contribution in [3.8, 4) is 0 Å². The summed E-state index contributed by atoms with van der Waals surface area (Å²) in [5.74, 6) is 0.668. The van der Waals surface area contributed by atoms with Crippen molar-refractivity contribution in [3.63, 3.8) is 0 Å². The molecule has 1 N–H and O–H groups in total. The Morgan fingerprint density at radius 1 is 1.25 bits per heavy atom. The van der Waals surface area contributed by atoms with Gasteiger partial charge in [-0.3, -0.25) is 0 Å². The Morgan fingerprint density at radius 3 is 2.50 bits per heavy atom. The summed E-state index contributed by atoms with van der Waals surface area (Å²) in [4.78, 5) is 0. The van der Waals surface area contributed by atoms with Gasteiger partial charge in [-0.2, -0.15) is 0 Å². The Labute approximate surface area is 76.1 Å². The van der Waals surface area contributed by atoms with Gasteiger partial charge in [0.15, 0.2) is 0 Å². The zero-order valence-electron chi connectivity index (χ0n) is 8.23. The quantitative estimate of drug-likeness (QED) is 0.476. The summed E-state index contributed by atoms with van der Waals surface area (Å²) in [5.41, 5.74) is 1.04. The van der Waals surface area contributed by atoms with Crippen molar-refractivity contribution in [3.05, 3.63) is 0 Å². The van der Waals surface area contributed by atoms with Crippen LogP contribution < -0.4 is 0 Å². The number of rotatable bonds is 5. The van der Waals surface area contributed by atoms with Gasteiger partial charge < -0.3 is 5.41 Å². The van der Waals surface area contributed by atoms with Crippen LogP contribution in [-0.2, 0) is 0 Å². The minimum Gasteiger partial charge on any atom is -0.309 e. The lowest BCUT2D eigenvalue weighted by Crippen LogP contribution is -2.08. The summed E-state index contributed by atoms with van der Waals surface area (Å²) in [6, 6.07) is 0. The molecular formula is C11H21N. The predicted octanol–water partition coefficient (Wildman–Crippen LogP) is 3.78. The van der Waals surface area contributed by atoms with Crippen LogP contribution in [0.25, 0.3) is 0 Å². The molecular weight excluding hydrogens is 146 g/mol. The fraction of sp³-hybridized carbons (Fsp3) is 0.909. The number of unbranched alkanes of at least 4 members (excludes halogenated alkanes) is 2. The van der Waals surface area contributed by atoms with Crippen molar-refractivity contribution in [2.45, 2.75) is 58.3 Å². The third-order valence-electron chi connectivity index (χ3n) is 2.90. The largest absolute Gasteiger partial charge is 0.309 e. The molecule has 1 fully saturated rings. The molecule has 0 aromatic carbocycles. The standard InChI is InChI=1S/C11H21N/c1-2-3-4-9-11(12)10-7-5-6-8-10/h10,12H,2-9H2,1H3. The zero-order chi connectivity index (χ0) is 8.81. The summed E-state index contributed by atoms with van der Waals surface area (Å²) in [6.07, 6.45) is 10.2. The van der Waals surface area contributed by atoms with Crippen molar-refractivity contribution in [2.75, 3.05) is 0 Å². The molecule has 0 saturated heterocycles. The molecule has 0 aromatic rings. The van der Waals surface area contributed by atoms with Crippen molar-refractivity contribution in [1.29, 1.82) is 5.41 Å². The summed E-state index contributed by atoms with van der Waals surface area (Å²) < 4.78 is 0. The molecule has 0 amide bonds. The van der Waals surface area contributed by atoms with Gasteiger partial charge >= 0.3 is 0 Å². The topological polar surface area (TPSA) is 23.9 Å². The van der Waals surface area contributed by atoms with E-state index in [1.807, 2.05) is 0 Å². The molecule has 0 bridgehead atoms. The molecule has 1 aliphatic rings. The molecule has 0 spiro atoms. The highest BCUT2D eigenvalue weighted by Gasteiger charge is 2.18. The highest BCUT2D eigenvalue weighted by atomic mass is 14.5. The Kier molecular flexibility index (Phi) is 4.34. The first-order chi connectivity index (χ1) is 5.84. The normalized spacial score (nSPS) is 18.4. The molecule has 1 nitrogen and oxygen atoms in total. The van der Waals surface area contributed by atoms with Crippen molar-refractivity contribution < 1.29 is 0 Å². The molecule has 1 rings (SSSR count). The maximum Gasteiger partial charge on any atom is 0.0120 e. The minimum absolute atomic E-state index is 0.668. The van der Waals surface area contributed by atoms with E-state index in [9.17, 15) is 0 Å². The lowest BCUT2D eigenvalue weighted by molar-refractivity contribution is 0.672. The molecule has 1 heteroatoms. The lowest BCUT2D eigenvalue weighted by atomic mass is 9.97. The van der Waals surface area contributed by atoms with E-state index in [1.165, 1.54) is 44.9 Å². The third kappa shape index (κ3) is 2.96. The van der Waals surface area contributed by atoms with E-state index < -0.39 is 0 Å². The smallest absolute Gasteiger partial charge is 0.0120 e. The van der Waals surface area contributed by atoms with Crippen LogP contribution in [0.15, 0.2) is 0 Å². The Morgan fingerprint density at radius 2 is 1.92 bits per heavy atom. The van der Waals surface area contributed by atoms with Crippen LogP contribution in [0.2, 0.25) is 0 Å². The van der Waals surface area contributed by atoms with Crippen molar-refractivity contribution in [1.82, 2.24) is 0 Å². The van der Waals surface area contributed by atoms with E-state index in [4.69, 9.17) is 5.41 Å². The van der Waals surface area contributed by atoms with Crippen LogP contribution in [-0.4, -0.2) is 5.71 Å². The zero-order valence-corrected chi connectivity index (χ0v) is 8.23. The SMILES string of the molecule is CCCCCC(=N)C1CCCC1. The molecule has 0 atom stereocenters. The highest BCUT2D eigenvalue weighted by molar-refractivity contribution is 5.83. The average Bonchev–Trinajstić information content (AvgIpc) is 2.56. The maximum absolute atomic E-state index is 7.86. The monoisotopic (exact) mass is 167 g/mol. The Balaban J connectivity index is 2.10. The first-order valence-corrected chi connectivity index (χ1v) is 5.42. The van der Waals surface area contributed by atoms with Crippen molar-refractivity contribution >= 4 is 5.71 Å². The van der Waals surface area contributed by atoms with E-state index in [-0.39, 0.29) is 0 Å². The molecule has 1 saturated carbocycles. The lowest BCUT2D eigenvalue weighted by Gasteiger charge is -2.09. The first kappa shape index (κ1) is 9.76. The molecule has 70 valence electrons. The number of hydrogen-bond acceptors (Lipinski definition) is 1. The van der Waals surface area contributed by atoms with E-state index in [1.54, 1.807) is 0 Å². The van der Waals surface area contributed by atoms with Gasteiger partial charge in [-0.15, -0.1) is 0 Å². The fourth-order valence-electron chi connectivity index (χ4n) is 2.04. The molecule has 0 aliphatic heterocycles. The van der Waals surface area contributed by atoms with Crippen LogP contribution in [0.5, 0.6) is 0 Å². The molecule has 0 aromatic heterocycles. The predicted molar refractivity (Wildman–Crippen MR) is 53.8 cm³/mol. The van der Waals surface area contributed by atoms with Gasteiger partial charge in [0.2, 0.25) is 0 Å². The molecule has 0 heterocycles. The third-order valence-corrected chi connectivity index (χ3v) is 2.90. The van der Waals surface area contributed by atoms with Crippen molar-refractivity contribution in [2.24, 2.45) is 5.92 Å². The summed E-state index contributed by atoms with van der Waals surface area (Å²) in [6.45, 7) is 2.22. The number of hydrogen-bond donors (Lipinski definition) is 1. The van der Waals surface area contributed by atoms with Gasteiger partial charge in [0.05, 0.1) is 0 Å². The van der Waals surface area contributed by atoms with Gasteiger partial charge in [-0.25, -0.2) is 0 Å². The van der Waals surface area contributed by atoms with Gasteiger partial charge in [-0.1, -0.05) is 32.6 Å². The minimum atomic E-state index is 0.668. The van der Waals surface area contributed by atoms with Crippen LogP contribution >= 0.6 is 0 Å². The summed E-state index contributed by atoms with van der Waals surface area (Å²) in [5, 5.41) is 7.86. The Bertz CT molecular complexity index is 134. The summed E-state index contributed by atoms with van der Waals surface area (Å²) >= 11 is 0. The van der Waals surface area contributed by atoms with E-state index >= 15 is 0 Å². The maximum atomic E-state index is 7.86. The van der Waals surface area contributed by atoms with E-state index in [0.717, 1.165) is 12.1 Å². The van der Waals surface area contributed by atoms with Crippen LogP contribution in [0.4, 0.5) is 0 Å². The van der Waals surface area contributed by atoms with Crippen LogP contribution in [0.1, 0.15) is 58.3 Å². The number of nitrogens with one attached hydrogen (secondary N) is 1. The first-order valence-electron chi connectivity index (χ1n) is 5.42. The molecule has 0 radical (unpaired) electrons. The average molecular weight is 167 g/mol.